The number of rotatable bonds is 6. The molecule has 1 N–H and O–H groups in total. The summed E-state index contributed by atoms with van der Waals surface area (Å²) in [6.07, 6.45) is 2.72. The van der Waals surface area contributed by atoms with Crippen LogP contribution in [0.25, 0.3) is 0 Å². The maximum atomic E-state index is 13.8. The molecule has 1 rings (SSSR count). The molecule has 0 fully saturated rings. The maximum Gasteiger partial charge on any atom is 0.125 e. The molecule has 15 heavy (non-hydrogen) atoms. The van der Waals surface area contributed by atoms with E-state index in [4.69, 9.17) is 5.11 Å². The highest BCUT2D eigenvalue weighted by atomic mass is 19.1. The summed E-state index contributed by atoms with van der Waals surface area (Å²) in [4.78, 5) is 0. The molecular formula is C13H19FO. The summed E-state index contributed by atoms with van der Waals surface area (Å²) in [6, 6.07) is 7.19. The van der Waals surface area contributed by atoms with Gasteiger partial charge in [0.25, 0.3) is 0 Å². The van der Waals surface area contributed by atoms with Crippen LogP contribution in [-0.2, 0) is 6.61 Å². The largest absolute Gasteiger partial charge is 0.392 e. The Morgan fingerprint density at radius 2 is 2.00 bits per heavy atom. The Labute approximate surface area is 90.9 Å². The van der Waals surface area contributed by atoms with Crippen LogP contribution in [-0.4, -0.2) is 5.11 Å². The monoisotopic (exact) mass is 210 g/mol. The molecule has 2 heteroatoms. The van der Waals surface area contributed by atoms with E-state index >= 15 is 0 Å². The zero-order valence-corrected chi connectivity index (χ0v) is 9.25. The molecule has 0 saturated carbocycles. The van der Waals surface area contributed by atoms with Gasteiger partial charge in [-0.25, -0.2) is 4.39 Å². The number of hydrogen-bond acceptors (Lipinski definition) is 1. The van der Waals surface area contributed by atoms with Gasteiger partial charge in [0, 0.05) is 0 Å². The summed E-state index contributed by atoms with van der Waals surface area (Å²) in [5.41, 5.74) is 1.36. The molecule has 1 aromatic rings. The molecule has 0 spiro atoms. The molecule has 0 amide bonds. The van der Waals surface area contributed by atoms with E-state index < -0.39 is 6.17 Å². The van der Waals surface area contributed by atoms with Gasteiger partial charge in [0.05, 0.1) is 6.61 Å². The van der Waals surface area contributed by atoms with Crippen molar-refractivity contribution in [3.63, 3.8) is 0 Å². The normalized spacial score (nSPS) is 12.7. The highest BCUT2D eigenvalue weighted by Gasteiger charge is 2.12. The number of unbranched alkanes of at least 4 members (excludes halogenated alkanes) is 2. The average molecular weight is 210 g/mol. The van der Waals surface area contributed by atoms with E-state index in [0.717, 1.165) is 19.3 Å². The molecule has 0 aromatic heterocycles. The highest BCUT2D eigenvalue weighted by molar-refractivity contribution is 5.28. The molecule has 0 aliphatic carbocycles. The first-order valence-corrected chi connectivity index (χ1v) is 5.62. The highest BCUT2D eigenvalue weighted by Crippen LogP contribution is 2.26. The fourth-order valence-electron chi connectivity index (χ4n) is 1.71. The standard InChI is InChI=1S/C13H19FO/c1-2-3-4-9-13(14)12-8-6-5-7-11(12)10-15/h5-8,13,15H,2-4,9-10H2,1H3. The van der Waals surface area contributed by atoms with Crippen molar-refractivity contribution in [1.29, 1.82) is 0 Å². The molecule has 0 radical (unpaired) electrons. The molecule has 0 bridgehead atoms. The van der Waals surface area contributed by atoms with Crippen LogP contribution in [0.2, 0.25) is 0 Å². The van der Waals surface area contributed by atoms with Crippen molar-refractivity contribution in [3.8, 4) is 0 Å². The van der Waals surface area contributed by atoms with Gasteiger partial charge in [-0.1, -0.05) is 50.5 Å². The van der Waals surface area contributed by atoms with Crippen molar-refractivity contribution < 1.29 is 9.50 Å². The zero-order valence-electron chi connectivity index (χ0n) is 9.25. The predicted octanol–water partition coefficient (Wildman–Crippen LogP) is 3.77. The van der Waals surface area contributed by atoms with E-state index in [0.29, 0.717) is 17.5 Å². The maximum absolute atomic E-state index is 13.8. The van der Waals surface area contributed by atoms with Crippen LogP contribution in [0.3, 0.4) is 0 Å². The van der Waals surface area contributed by atoms with Crippen LogP contribution in [0.1, 0.15) is 49.9 Å². The first-order chi connectivity index (χ1) is 7.29. The van der Waals surface area contributed by atoms with Crippen molar-refractivity contribution in [2.75, 3.05) is 0 Å². The Morgan fingerprint density at radius 3 is 2.67 bits per heavy atom. The van der Waals surface area contributed by atoms with Crippen LogP contribution in [0.4, 0.5) is 4.39 Å². The lowest BCUT2D eigenvalue weighted by molar-refractivity contribution is 0.268. The second kappa shape index (κ2) is 6.57. The van der Waals surface area contributed by atoms with Crippen LogP contribution >= 0.6 is 0 Å². The van der Waals surface area contributed by atoms with E-state index in [1.165, 1.54) is 0 Å². The lowest BCUT2D eigenvalue weighted by Gasteiger charge is -2.11. The first kappa shape index (κ1) is 12.2. The number of alkyl halides is 1. The van der Waals surface area contributed by atoms with Crippen molar-refractivity contribution in [3.05, 3.63) is 35.4 Å². The smallest absolute Gasteiger partial charge is 0.125 e. The Hall–Kier alpha value is -0.890. The van der Waals surface area contributed by atoms with E-state index in [2.05, 4.69) is 6.92 Å². The molecule has 1 aromatic carbocycles. The van der Waals surface area contributed by atoms with Crippen LogP contribution in [0.15, 0.2) is 24.3 Å². The van der Waals surface area contributed by atoms with Crippen molar-refractivity contribution in [2.45, 2.75) is 45.4 Å². The van der Waals surface area contributed by atoms with Gasteiger partial charge in [0.15, 0.2) is 0 Å². The Bertz CT molecular complexity index is 286. The third kappa shape index (κ3) is 3.63. The number of hydrogen-bond donors (Lipinski definition) is 1. The van der Waals surface area contributed by atoms with Crippen LogP contribution < -0.4 is 0 Å². The van der Waals surface area contributed by atoms with E-state index in [9.17, 15) is 4.39 Å². The van der Waals surface area contributed by atoms with Crippen LogP contribution in [0.5, 0.6) is 0 Å². The summed E-state index contributed by atoms with van der Waals surface area (Å²) in [5, 5.41) is 9.07. The molecule has 0 heterocycles. The fraction of sp³-hybridized carbons (Fsp3) is 0.538. The molecule has 1 atom stereocenters. The molecule has 0 aliphatic heterocycles. The van der Waals surface area contributed by atoms with Gasteiger partial charge in [-0.3, -0.25) is 0 Å². The number of aliphatic hydroxyl groups is 1. The molecule has 1 unspecified atom stereocenters. The fourth-order valence-corrected chi connectivity index (χ4v) is 1.71. The summed E-state index contributed by atoms with van der Waals surface area (Å²) in [7, 11) is 0. The Kier molecular flexibility index (Phi) is 5.33. The Morgan fingerprint density at radius 1 is 1.27 bits per heavy atom. The number of aliphatic hydroxyl groups excluding tert-OH is 1. The minimum absolute atomic E-state index is 0.0790. The molecule has 1 nitrogen and oxygen atoms in total. The lowest BCUT2D eigenvalue weighted by Crippen LogP contribution is -1.98. The van der Waals surface area contributed by atoms with Gasteiger partial charge < -0.3 is 5.11 Å². The van der Waals surface area contributed by atoms with Crippen molar-refractivity contribution >= 4 is 0 Å². The van der Waals surface area contributed by atoms with Gasteiger partial charge in [0.1, 0.15) is 6.17 Å². The van der Waals surface area contributed by atoms with Crippen molar-refractivity contribution in [2.24, 2.45) is 0 Å². The zero-order chi connectivity index (χ0) is 11.1. The average Bonchev–Trinajstić information content (AvgIpc) is 2.29. The molecule has 84 valence electrons. The molecule has 0 saturated heterocycles. The summed E-state index contributed by atoms with van der Waals surface area (Å²) in [6.45, 7) is 2.03. The van der Waals surface area contributed by atoms with E-state index in [-0.39, 0.29) is 6.61 Å². The predicted molar refractivity (Wildman–Crippen MR) is 60.4 cm³/mol. The SMILES string of the molecule is CCCCCC(F)c1ccccc1CO. The van der Waals surface area contributed by atoms with E-state index in [1.54, 1.807) is 12.1 Å². The molecular weight excluding hydrogens is 191 g/mol. The van der Waals surface area contributed by atoms with Gasteiger partial charge >= 0.3 is 0 Å². The van der Waals surface area contributed by atoms with Crippen molar-refractivity contribution in [1.82, 2.24) is 0 Å². The van der Waals surface area contributed by atoms with Gasteiger partial charge in [-0.15, -0.1) is 0 Å². The van der Waals surface area contributed by atoms with E-state index in [1.807, 2.05) is 12.1 Å². The minimum Gasteiger partial charge on any atom is -0.392 e. The minimum atomic E-state index is -0.931. The van der Waals surface area contributed by atoms with Gasteiger partial charge in [-0.05, 0) is 17.5 Å². The Balaban J connectivity index is 2.59. The first-order valence-electron chi connectivity index (χ1n) is 5.62. The van der Waals surface area contributed by atoms with Gasteiger partial charge in [-0.2, -0.15) is 0 Å². The topological polar surface area (TPSA) is 20.2 Å². The third-order valence-electron chi connectivity index (χ3n) is 2.62. The summed E-state index contributed by atoms with van der Waals surface area (Å²) in [5.74, 6) is 0. The summed E-state index contributed by atoms with van der Waals surface area (Å²) < 4.78 is 13.8. The molecule has 0 aliphatic rings. The number of benzene rings is 1. The quantitative estimate of drug-likeness (QED) is 0.709. The summed E-state index contributed by atoms with van der Waals surface area (Å²) >= 11 is 0. The van der Waals surface area contributed by atoms with Crippen LogP contribution in [0, 0.1) is 0 Å². The second-order valence-electron chi connectivity index (χ2n) is 3.82. The second-order valence-corrected chi connectivity index (χ2v) is 3.82. The third-order valence-corrected chi connectivity index (χ3v) is 2.62. The lowest BCUT2D eigenvalue weighted by atomic mass is 9.99. The van der Waals surface area contributed by atoms with Gasteiger partial charge in [0.2, 0.25) is 0 Å². The number of halogens is 1.